The van der Waals surface area contributed by atoms with Crippen molar-refractivity contribution in [1.29, 1.82) is 0 Å². The Morgan fingerprint density at radius 1 is 0.281 bits per heavy atom. The largest absolute Gasteiger partial charge is 0.532 e. The molecule has 0 fully saturated rings. The second-order valence-corrected chi connectivity index (χ2v) is 26.4. The summed E-state index contributed by atoms with van der Waals surface area (Å²) >= 11 is 0. The van der Waals surface area contributed by atoms with E-state index in [1.54, 1.807) is 0 Å². The predicted molar refractivity (Wildman–Crippen MR) is 265 cm³/mol. The van der Waals surface area contributed by atoms with Gasteiger partial charge in [-0.05, 0) is 73.0 Å². The molecule has 0 rings (SSSR count). The first-order valence-electron chi connectivity index (χ1n) is 26.0. The molecule has 0 aliphatic rings. The molecule has 0 saturated carbocycles. The van der Waals surface area contributed by atoms with Crippen LogP contribution in [0.1, 0.15) is 286 Å². The normalized spacial score (nSPS) is 13.2. The quantitative estimate of drug-likeness (QED) is 0.0451. The Morgan fingerprint density at radius 2 is 0.421 bits per heavy atom. The first-order chi connectivity index (χ1) is 27.8. The van der Waals surface area contributed by atoms with Crippen LogP contribution in [-0.4, -0.2) is 34.5 Å². The summed E-state index contributed by atoms with van der Waals surface area (Å²) in [6.45, 7) is 13.7. The van der Waals surface area contributed by atoms with Crippen LogP contribution in [0.25, 0.3) is 0 Å². The molecule has 0 aliphatic carbocycles. The molecular weight excluding hydrogens is 763 g/mol. The molecular formula is C50H106FO3PS2. The van der Waals surface area contributed by atoms with E-state index in [0.717, 1.165) is 73.0 Å². The van der Waals surface area contributed by atoms with Crippen LogP contribution in [0.4, 0.5) is 4.20 Å². The maximum absolute atomic E-state index is 17.4. The van der Waals surface area contributed by atoms with Crippen molar-refractivity contribution in [3.63, 3.8) is 0 Å². The maximum atomic E-state index is 17.4. The third-order valence-electron chi connectivity index (χ3n) is 12.2. The third-order valence-corrected chi connectivity index (χ3v) is 22.4. The van der Waals surface area contributed by atoms with E-state index in [-0.39, 0.29) is 0 Å². The fourth-order valence-electron chi connectivity index (χ4n) is 8.45. The highest BCUT2D eigenvalue weighted by Crippen LogP contribution is 2.73. The lowest BCUT2D eigenvalue weighted by atomic mass is 10.1. The van der Waals surface area contributed by atoms with Gasteiger partial charge in [-0.3, -0.25) is 0 Å². The second-order valence-electron chi connectivity index (χ2n) is 18.1. The van der Waals surface area contributed by atoms with E-state index in [0.29, 0.717) is 0 Å². The highest BCUT2D eigenvalue weighted by molar-refractivity contribution is 8.33. The lowest BCUT2D eigenvalue weighted by Gasteiger charge is -2.44. The zero-order valence-corrected chi connectivity index (χ0v) is 42.5. The monoisotopic (exact) mass is 869 g/mol. The van der Waals surface area contributed by atoms with E-state index in [2.05, 4.69) is 41.5 Å². The smallest absolute Gasteiger partial charge is 0.233 e. The minimum absolute atomic E-state index is 0.899. The Hall–Kier alpha value is 0.780. The fourth-order valence-corrected chi connectivity index (χ4v) is 19.2. The third kappa shape index (κ3) is 36.0. The number of unbranched alkanes of at least 4 members (excludes halogenated alkanes) is 32. The van der Waals surface area contributed by atoms with Gasteiger partial charge in [0.05, 0.1) is 0 Å². The van der Waals surface area contributed by atoms with Crippen molar-refractivity contribution in [3.05, 3.63) is 0 Å². The van der Waals surface area contributed by atoms with Crippen LogP contribution >= 0.6 is 28.5 Å². The summed E-state index contributed by atoms with van der Waals surface area (Å²) in [5, 5.41) is 0. The number of hydrogen-bond donors (Lipinski definition) is 0. The van der Waals surface area contributed by atoms with Crippen LogP contribution in [0.2, 0.25) is 0 Å². The molecule has 0 aromatic heterocycles. The van der Waals surface area contributed by atoms with Crippen molar-refractivity contribution in [2.45, 2.75) is 286 Å². The Bertz CT molecular complexity index is 765. The molecule has 0 aromatic carbocycles. The lowest BCUT2D eigenvalue weighted by Crippen LogP contribution is -2.20. The zero-order chi connectivity index (χ0) is 42.0. The SMILES string of the molecule is CCCCCCCCCS(CCCCCCCC)(CCCCCCCC)OP(=O)(F)OS(CCCCCCCC)(CCCCCCCC)CCCCCCCCC. The Labute approximate surface area is 363 Å². The number of halogens is 1. The topological polar surface area (TPSA) is 35.5 Å². The summed E-state index contributed by atoms with van der Waals surface area (Å²) in [5.41, 5.74) is 0. The predicted octanol–water partition coefficient (Wildman–Crippen LogP) is 20.5. The van der Waals surface area contributed by atoms with Crippen LogP contribution in [0.5, 0.6) is 0 Å². The fraction of sp³-hybridized carbons (Fsp3) is 1.00. The van der Waals surface area contributed by atoms with Crippen molar-refractivity contribution in [1.82, 2.24) is 0 Å². The van der Waals surface area contributed by atoms with Crippen LogP contribution in [0.3, 0.4) is 0 Å². The molecule has 0 aromatic rings. The van der Waals surface area contributed by atoms with Gasteiger partial charge in [0.1, 0.15) is 0 Å². The summed E-state index contributed by atoms with van der Waals surface area (Å²) in [7, 11) is -8.50. The molecule has 0 atom stereocenters. The molecule has 0 aliphatic heterocycles. The Kier molecular flexibility index (Phi) is 42.7. The van der Waals surface area contributed by atoms with E-state index >= 15 is 4.20 Å². The van der Waals surface area contributed by atoms with Gasteiger partial charge in [-0.15, -0.1) is 24.8 Å². The van der Waals surface area contributed by atoms with E-state index < -0.39 is 28.5 Å². The van der Waals surface area contributed by atoms with Crippen molar-refractivity contribution < 1.29 is 16.7 Å². The first-order valence-corrected chi connectivity index (χ1v) is 31.6. The number of hydrogen-bond acceptors (Lipinski definition) is 3. The first kappa shape index (κ1) is 57.8. The van der Waals surface area contributed by atoms with E-state index in [1.165, 1.54) is 205 Å². The van der Waals surface area contributed by atoms with E-state index in [1.807, 2.05) is 0 Å². The summed E-state index contributed by atoms with van der Waals surface area (Å²) < 4.78 is 45.5. The van der Waals surface area contributed by atoms with Crippen LogP contribution < -0.4 is 0 Å². The van der Waals surface area contributed by atoms with Crippen LogP contribution in [-0.2, 0) is 12.5 Å². The van der Waals surface area contributed by atoms with Crippen LogP contribution in [0.15, 0.2) is 0 Å². The van der Waals surface area contributed by atoms with Gasteiger partial charge in [-0.2, -0.15) is 0 Å². The molecule has 3 nitrogen and oxygen atoms in total. The molecule has 0 saturated heterocycles. The minimum atomic E-state index is -4.77. The average Bonchev–Trinajstić information content (AvgIpc) is 3.19. The molecule has 0 bridgehead atoms. The van der Waals surface area contributed by atoms with Crippen LogP contribution in [0, 0.1) is 0 Å². The number of rotatable bonds is 48. The van der Waals surface area contributed by atoms with Gasteiger partial charge in [0.15, 0.2) is 0 Å². The molecule has 348 valence electrons. The molecule has 0 radical (unpaired) electrons. The highest BCUT2D eigenvalue weighted by atomic mass is 32.3. The van der Waals surface area contributed by atoms with Gasteiger partial charge in [0.2, 0.25) is 0 Å². The van der Waals surface area contributed by atoms with Gasteiger partial charge in [0, 0.05) is 0 Å². The molecule has 57 heavy (non-hydrogen) atoms. The molecule has 0 spiro atoms. The second kappa shape index (κ2) is 42.1. The maximum Gasteiger partial charge on any atom is 0.532 e. The molecule has 7 heteroatoms. The van der Waals surface area contributed by atoms with Gasteiger partial charge in [-0.25, -0.2) is 12.5 Å². The Balaban J connectivity index is 6.43. The summed E-state index contributed by atoms with van der Waals surface area (Å²) in [4.78, 5) is 0. The average molecular weight is 870 g/mol. The molecule has 0 unspecified atom stereocenters. The van der Waals surface area contributed by atoms with Crippen molar-refractivity contribution >= 4 is 28.5 Å². The Morgan fingerprint density at radius 3 is 0.579 bits per heavy atom. The standard InChI is InChI=1S/C50H106FO3PS2/c1-7-13-19-25-31-37-43-49-56(45-39-33-27-21-15-9-3,46-40-34-28-22-16-10-4)53-55(51,52)54-57(47-41-35-29-23-17-11-5,48-42-36-30-24-18-12-6)50-44-38-32-26-20-14-8-2/h7-50H2,1-6H3. The minimum Gasteiger partial charge on any atom is -0.233 e. The molecule has 0 heterocycles. The van der Waals surface area contributed by atoms with Gasteiger partial charge >= 0.3 is 7.91 Å². The van der Waals surface area contributed by atoms with Gasteiger partial charge in [-0.1, -0.05) is 247 Å². The van der Waals surface area contributed by atoms with Crippen molar-refractivity contribution in [2.75, 3.05) is 34.5 Å². The van der Waals surface area contributed by atoms with Gasteiger partial charge in [0.25, 0.3) is 0 Å². The van der Waals surface area contributed by atoms with E-state index in [4.69, 9.17) is 7.94 Å². The van der Waals surface area contributed by atoms with Gasteiger partial charge < -0.3 is 0 Å². The zero-order valence-electron chi connectivity index (χ0n) is 40.0. The summed E-state index contributed by atoms with van der Waals surface area (Å²) in [6, 6.07) is 0. The summed E-state index contributed by atoms with van der Waals surface area (Å²) in [5.74, 6) is 5.40. The molecule has 0 amide bonds. The lowest BCUT2D eigenvalue weighted by molar-refractivity contribution is 0.363. The highest BCUT2D eigenvalue weighted by Gasteiger charge is 2.42. The molecule has 0 N–H and O–H groups in total. The van der Waals surface area contributed by atoms with Crippen molar-refractivity contribution in [3.8, 4) is 0 Å². The summed E-state index contributed by atoms with van der Waals surface area (Å²) in [6.07, 6.45) is 46.5. The van der Waals surface area contributed by atoms with E-state index in [9.17, 15) is 4.57 Å². The van der Waals surface area contributed by atoms with Crippen molar-refractivity contribution in [2.24, 2.45) is 0 Å².